The summed E-state index contributed by atoms with van der Waals surface area (Å²) >= 11 is 0. The summed E-state index contributed by atoms with van der Waals surface area (Å²) in [6, 6.07) is 0.483. The van der Waals surface area contributed by atoms with Crippen molar-refractivity contribution in [2.75, 3.05) is 18.8 Å². The summed E-state index contributed by atoms with van der Waals surface area (Å²) in [6.07, 6.45) is 7.82. The number of nitrogens with zero attached hydrogens (tertiary/aromatic N) is 4. The maximum Gasteiger partial charge on any atom is 0.103 e. The van der Waals surface area contributed by atoms with Crippen molar-refractivity contribution < 1.29 is 0 Å². The van der Waals surface area contributed by atoms with E-state index in [1.165, 1.54) is 5.69 Å². The Hall–Kier alpha value is -1.82. The van der Waals surface area contributed by atoms with Crippen LogP contribution >= 0.6 is 0 Å². The molecule has 3 heterocycles. The van der Waals surface area contributed by atoms with Crippen LogP contribution in [0.25, 0.3) is 0 Å². The van der Waals surface area contributed by atoms with E-state index in [0.717, 1.165) is 44.0 Å². The van der Waals surface area contributed by atoms with Gasteiger partial charge in [0.15, 0.2) is 0 Å². The van der Waals surface area contributed by atoms with Crippen molar-refractivity contribution in [1.82, 2.24) is 24.6 Å². The van der Waals surface area contributed by atoms with Crippen molar-refractivity contribution in [2.24, 2.45) is 0 Å². The van der Waals surface area contributed by atoms with Gasteiger partial charge in [0.1, 0.15) is 5.82 Å². The maximum atomic E-state index is 5.71. The maximum absolute atomic E-state index is 5.71. The van der Waals surface area contributed by atoms with Gasteiger partial charge in [0.25, 0.3) is 0 Å². The molecule has 1 aliphatic heterocycles. The lowest BCUT2D eigenvalue weighted by Crippen LogP contribution is -2.34. The molecule has 6 nitrogen and oxygen atoms in total. The highest BCUT2D eigenvalue weighted by atomic mass is 15.3. The van der Waals surface area contributed by atoms with Crippen LogP contribution in [0.1, 0.15) is 30.4 Å². The van der Waals surface area contributed by atoms with Gasteiger partial charge in [-0.2, -0.15) is 5.10 Å². The molecule has 19 heavy (non-hydrogen) atoms. The number of hydrogen-bond donors (Lipinski definition) is 2. The topological polar surface area (TPSA) is 75.8 Å². The van der Waals surface area contributed by atoms with Gasteiger partial charge in [-0.15, -0.1) is 0 Å². The van der Waals surface area contributed by atoms with E-state index in [1.807, 2.05) is 24.0 Å². The second-order valence-electron chi connectivity index (χ2n) is 5.25. The fourth-order valence-corrected chi connectivity index (χ4v) is 2.69. The fourth-order valence-electron chi connectivity index (χ4n) is 2.69. The Bertz CT molecular complexity index is 535. The summed E-state index contributed by atoms with van der Waals surface area (Å²) in [4.78, 5) is 9.97. The lowest BCUT2D eigenvalue weighted by atomic mass is 10.1. The number of nitrogen functional groups attached to an aromatic ring is 1. The average molecular weight is 260 g/mol. The molecule has 2 aromatic rings. The number of rotatable bonds is 3. The van der Waals surface area contributed by atoms with Gasteiger partial charge in [-0.25, -0.2) is 4.98 Å². The molecule has 0 atom stereocenters. The van der Waals surface area contributed by atoms with Crippen molar-refractivity contribution >= 4 is 5.69 Å². The molecular weight excluding hydrogens is 240 g/mol. The van der Waals surface area contributed by atoms with E-state index in [2.05, 4.69) is 20.0 Å². The van der Waals surface area contributed by atoms with Gasteiger partial charge in [0.05, 0.1) is 17.9 Å². The Labute approximate surface area is 112 Å². The minimum absolute atomic E-state index is 0.483. The molecule has 0 aliphatic carbocycles. The summed E-state index contributed by atoms with van der Waals surface area (Å²) in [7, 11) is 0. The number of nitrogens with two attached hydrogens (primary N) is 1. The molecule has 1 fully saturated rings. The molecule has 0 spiro atoms. The molecule has 102 valence electrons. The Morgan fingerprint density at radius 3 is 2.74 bits per heavy atom. The van der Waals surface area contributed by atoms with Crippen LogP contribution in [0.3, 0.4) is 0 Å². The molecule has 6 heteroatoms. The zero-order valence-electron chi connectivity index (χ0n) is 11.2. The highest BCUT2D eigenvalue weighted by molar-refractivity contribution is 5.30. The number of aryl methyl sites for hydroxylation is 1. The Balaban J connectivity index is 1.54. The summed E-state index contributed by atoms with van der Waals surface area (Å²) < 4.78 is 2.01. The van der Waals surface area contributed by atoms with Gasteiger partial charge in [-0.3, -0.25) is 9.58 Å². The van der Waals surface area contributed by atoms with Crippen molar-refractivity contribution in [3.63, 3.8) is 0 Å². The third kappa shape index (κ3) is 2.78. The second kappa shape index (κ2) is 5.05. The van der Waals surface area contributed by atoms with Gasteiger partial charge in [-0.05, 0) is 19.8 Å². The highest BCUT2D eigenvalue weighted by Gasteiger charge is 2.21. The third-order valence-electron chi connectivity index (χ3n) is 3.70. The SMILES string of the molecule is Cc1ncc(CN2CCC(n3cc(N)cn3)CC2)[nH]1. The summed E-state index contributed by atoms with van der Waals surface area (Å²) in [5.74, 6) is 0.983. The first-order valence-corrected chi connectivity index (χ1v) is 6.73. The quantitative estimate of drug-likeness (QED) is 0.873. The lowest BCUT2D eigenvalue weighted by molar-refractivity contribution is 0.172. The predicted molar refractivity (Wildman–Crippen MR) is 73.5 cm³/mol. The van der Waals surface area contributed by atoms with Crippen LogP contribution in [-0.2, 0) is 6.54 Å². The number of H-pyrrole nitrogens is 1. The van der Waals surface area contributed by atoms with Gasteiger partial charge in [0, 0.05) is 37.7 Å². The minimum Gasteiger partial charge on any atom is -0.396 e. The van der Waals surface area contributed by atoms with Gasteiger partial charge >= 0.3 is 0 Å². The van der Waals surface area contributed by atoms with Crippen LogP contribution < -0.4 is 5.73 Å². The number of imidazole rings is 1. The van der Waals surface area contributed by atoms with Crippen LogP contribution in [0.15, 0.2) is 18.6 Å². The molecule has 3 rings (SSSR count). The smallest absolute Gasteiger partial charge is 0.103 e. The van der Waals surface area contributed by atoms with Gasteiger partial charge in [0.2, 0.25) is 0 Å². The second-order valence-corrected chi connectivity index (χ2v) is 5.25. The van der Waals surface area contributed by atoms with Crippen LogP contribution in [-0.4, -0.2) is 37.7 Å². The largest absolute Gasteiger partial charge is 0.396 e. The van der Waals surface area contributed by atoms with Crippen molar-refractivity contribution in [1.29, 1.82) is 0 Å². The van der Waals surface area contributed by atoms with E-state index in [1.54, 1.807) is 6.20 Å². The standard InChI is InChI=1S/C13H20N6/c1-10-15-7-12(17-10)9-18-4-2-13(3-5-18)19-8-11(14)6-16-19/h6-8,13H,2-5,9,14H2,1H3,(H,15,17). The van der Waals surface area contributed by atoms with E-state index in [4.69, 9.17) is 5.73 Å². The summed E-state index contributed by atoms with van der Waals surface area (Å²) in [5.41, 5.74) is 7.65. The number of anilines is 1. The molecule has 2 aromatic heterocycles. The number of piperidine rings is 1. The molecule has 3 N–H and O–H groups in total. The normalized spacial score (nSPS) is 17.9. The van der Waals surface area contributed by atoms with Crippen LogP contribution in [0.5, 0.6) is 0 Å². The number of aromatic amines is 1. The molecular formula is C13H20N6. The minimum atomic E-state index is 0.483. The fraction of sp³-hybridized carbons (Fsp3) is 0.538. The van der Waals surface area contributed by atoms with E-state index < -0.39 is 0 Å². The highest BCUT2D eigenvalue weighted by Crippen LogP contribution is 2.23. The Morgan fingerprint density at radius 1 is 1.37 bits per heavy atom. The zero-order chi connectivity index (χ0) is 13.2. The molecule has 1 aliphatic rings. The summed E-state index contributed by atoms with van der Waals surface area (Å²) in [6.45, 7) is 5.11. The molecule has 0 radical (unpaired) electrons. The number of nitrogens with one attached hydrogen (secondary N) is 1. The monoisotopic (exact) mass is 260 g/mol. The van der Waals surface area contributed by atoms with Gasteiger partial charge in [-0.1, -0.05) is 0 Å². The van der Waals surface area contributed by atoms with Crippen LogP contribution in [0.4, 0.5) is 5.69 Å². The molecule has 1 saturated heterocycles. The zero-order valence-corrected chi connectivity index (χ0v) is 11.2. The first kappa shape index (κ1) is 12.2. The first-order chi connectivity index (χ1) is 9.20. The predicted octanol–water partition coefficient (Wildman–Crippen LogP) is 1.33. The average Bonchev–Trinajstić information content (AvgIpc) is 3.00. The Kier molecular flexibility index (Phi) is 3.25. The summed E-state index contributed by atoms with van der Waals surface area (Å²) in [5, 5.41) is 4.31. The van der Waals surface area contributed by atoms with E-state index >= 15 is 0 Å². The van der Waals surface area contributed by atoms with Crippen molar-refractivity contribution in [3.8, 4) is 0 Å². The van der Waals surface area contributed by atoms with E-state index in [0.29, 0.717) is 6.04 Å². The van der Waals surface area contributed by atoms with Crippen molar-refractivity contribution in [3.05, 3.63) is 30.1 Å². The lowest BCUT2D eigenvalue weighted by Gasteiger charge is -2.31. The molecule has 0 bridgehead atoms. The van der Waals surface area contributed by atoms with E-state index in [9.17, 15) is 0 Å². The van der Waals surface area contributed by atoms with Crippen LogP contribution in [0.2, 0.25) is 0 Å². The van der Waals surface area contributed by atoms with Crippen LogP contribution in [0, 0.1) is 6.92 Å². The number of hydrogen-bond acceptors (Lipinski definition) is 4. The number of likely N-dealkylation sites (tertiary alicyclic amines) is 1. The molecule has 0 aromatic carbocycles. The molecule has 0 amide bonds. The molecule has 0 unspecified atom stereocenters. The van der Waals surface area contributed by atoms with Crippen molar-refractivity contribution in [2.45, 2.75) is 32.4 Å². The molecule has 0 saturated carbocycles. The Morgan fingerprint density at radius 2 is 2.16 bits per heavy atom. The van der Waals surface area contributed by atoms with E-state index in [-0.39, 0.29) is 0 Å². The third-order valence-corrected chi connectivity index (χ3v) is 3.70. The first-order valence-electron chi connectivity index (χ1n) is 6.73. The van der Waals surface area contributed by atoms with Gasteiger partial charge < -0.3 is 10.7 Å². The number of aromatic nitrogens is 4.